The number of benzene rings is 1. The van der Waals surface area contributed by atoms with E-state index < -0.39 is 17.1 Å². The van der Waals surface area contributed by atoms with Crippen molar-refractivity contribution in [3.8, 4) is 0 Å². The summed E-state index contributed by atoms with van der Waals surface area (Å²) in [5, 5.41) is 0. The summed E-state index contributed by atoms with van der Waals surface area (Å²) in [6, 6.07) is 9.13. The fraction of sp³-hybridized carbons (Fsp3) is 0.417. The predicted molar refractivity (Wildman–Crippen MR) is 114 cm³/mol. The Hall–Kier alpha value is -3.13. The van der Waals surface area contributed by atoms with Crippen LogP contribution in [-0.4, -0.2) is 57.8 Å². The van der Waals surface area contributed by atoms with Crippen LogP contribution < -0.4 is 0 Å². The largest absolute Gasteiger partial charge is 0.372 e. The third kappa shape index (κ3) is 4.27. The highest BCUT2D eigenvalue weighted by Crippen LogP contribution is 2.41. The number of nitrogens with zero attached hydrogens (tertiary/aromatic N) is 3. The van der Waals surface area contributed by atoms with Gasteiger partial charge in [0.2, 0.25) is 17.7 Å². The average molecular weight is 439 g/mol. The zero-order valence-electron chi connectivity index (χ0n) is 18.2. The Labute approximate surface area is 186 Å². The molecule has 1 aromatic heterocycles. The van der Waals surface area contributed by atoms with Gasteiger partial charge < -0.3 is 9.64 Å². The van der Waals surface area contributed by atoms with Crippen molar-refractivity contribution in [1.82, 2.24) is 14.8 Å². The molecule has 1 aromatic carbocycles. The molecule has 32 heavy (non-hydrogen) atoms. The Bertz CT molecular complexity index is 1020. The van der Waals surface area contributed by atoms with E-state index in [0.717, 1.165) is 4.90 Å². The predicted octanol–water partition coefficient (Wildman–Crippen LogP) is 2.44. The monoisotopic (exact) mass is 439 g/mol. The van der Waals surface area contributed by atoms with Crippen LogP contribution in [-0.2, 0) is 31.1 Å². The van der Waals surface area contributed by atoms with Crippen LogP contribution in [0, 0.1) is 5.82 Å². The standard InChI is InChI=1S/C24H26FN3O4/c1-16-13-27(14-17(2)32-16)21(29)10-24(19-6-3-7-20(25)9-19)11-22(30)28(23(24)31)15-18-5-4-8-26-12-18/h3-9,12,16-17H,10-11,13-15H2,1-2H3/t16-,17+,24?. The van der Waals surface area contributed by atoms with E-state index in [9.17, 15) is 18.8 Å². The molecular weight excluding hydrogens is 413 g/mol. The molecular formula is C24H26FN3O4. The van der Waals surface area contributed by atoms with E-state index >= 15 is 0 Å². The van der Waals surface area contributed by atoms with Gasteiger partial charge in [-0.25, -0.2) is 4.39 Å². The van der Waals surface area contributed by atoms with E-state index in [4.69, 9.17) is 4.74 Å². The molecule has 2 aromatic rings. The first-order valence-corrected chi connectivity index (χ1v) is 10.7. The maximum atomic E-state index is 14.1. The SMILES string of the molecule is C[C@@H]1CN(C(=O)CC2(c3cccc(F)c3)CC(=O)N(Cc3cccnc3)C2=O)C[C@H](C)O1. The molecule has 7 nitrogen and oxygen atoms in total. The number of pyridine rings is 1. The van der Waals surface area contributed by atoms with Crippen molar-refractivity contribution in [1.29, 1.82) is 0 Å². The number of aromatic nitrogens is 1. The number of hydrogen-bond donors (Lipinski definition) is 0. The normalized spacial score (nSPS) is 26.0. The van der Waals surface area contributed by atoms with Crippen molar-refractivity contribution >= 4 is 17.7 Å². The van der Waals surface area contributed by atoms with Gasteiger partial charge in [0.1, 0.15) is 5.82 Å². The van der Waals surface area contributed by atoms with E-state index in [1.807, 2.05) is 13.8 Å². The molecule has 8 heteroatoms. The second-order valence-corrected chi connectivity index (χ2v) is 8.65. The highest BCUT2D eigenvalue weighted by atomic mass is 19.1. The van der Waals surface area contributed by atoms with E-state index in [2.05, 4.69) is 4.98 Å². The second kappa shape index (κ2) is 8.78. The molecule has 3 atom stereocenters. The molecule has 2 fully saturated rings. The zero-order valence-corrected chi connectivity index (χ0v) is 18.2. The summed E-state index contributed by atoms with van der Waals surface area (Å²) in [5.74, 6) is -1.64. The van der Waals surface area contributed by atoms with Crippen LogP contribution in [0.3, 0.4) is 0 Å². The number of carbonyl (C=O) groups is 3. The van der Waals surface area contributed by atoms with Gasteiger partial charge in [0.25, 0.3) is 0 Å². The van der Waals surface area contributed by atoms with Gasteiger partial charge in [0, 0.05) is 38.3 Å². The fourth-order valence-electron chi connectivity index (χ4n) is 4.64. The topological polar surface area (TPSA) is 79.8 Å². The Morgan fingerprint density at radius 3 is 2.59 bits per heavy atom. The van der Waals surface area contributed by atoms with Crippen molar-refractivity contribution in [2.45, 2.75) is 50.9 Å². The lowest BCUT2D eigenvalue weighted by atomic mass is 9.75. The van der Waals surface area contributed by atoms with Gasteiger partial charge in [-0.2, -0.15) is 0 Å². The fourth-order valence-corrected chi connectivity index (χ4v) is 4.64. The lowest BCUT2D eigenvalue weighted by Gasteiger charge is -2.37. The summed E-state index contributed by atoms with van der Waals surface area (Å²) in [6.07, 6.45) is 2.55. The first-order chi connectivity index (χ1) is 15.3. The molecule has 3 heterocycles. The van der Waals surface area contributed by atoms with Gasteiger partial charge in [-0.05, 0) is 43.2 Å². The van der Waals surface area contributed by atoms with Crippen LogP contribution in [0.2, 0.25) is 0 Å². The van der Waals surface area contributed by atoms with Crippen molar-refractivity contribution in [2.24, 2.45) is 0 Å². The van der Waals surface area contributed by atoms with Gasteiger partial charge in [0.05, 0.1) is 24.2 Å². The van der Waals surface area contributed by atoms with Crippen molar-refractivity contribution in [3.05, 3.63) is 65.7 Å². The lowest BCUT2D eigenvalue weighted by Crippen LogP contribution is -2.50. The van der Waals surface area contributed by atoms with Crippen LogP contribution >= 0.6 is 0 Å². The summed E-state index contributed by atoms with van der Waals surface area (Å²) >= 11 is 0. The summed E-state index contributed by atoms with van der Waals surface area (Å²) in [5.41, 5.74) is -0.401. The van der Waals surface area contributed by atoms with Gasteiger partial charge in [0.15, 0.2) is 0 Å². The molecule has 1 unspecified atom stereocenters. The van der Waals surface area contributed by atoms with Crippen molar-refractivity contribution in [3.63, 3.8) is 0 Å². The van der Waals surface area contributed by atoms with Gasteiger partial charge in [-0.1, -0.05) is 18.2 Å². The van der Waals surface area contributed by atoms with Crippen LogP contribution in [0.25, 0.3) is 0 Å². The van der Waals surface area contributed by atoms with Crippen molar-refractivity contribution < 1.29 is 23.5 Å². The van der Waals surface area contributed by atoms with Gasteiger partial charge in [-0.3, -0.25) is 24.3 Å². The molecule has 0 spiro atoms. The van der Waals surface area contributed by atoms with Gasteiger partial charge >= 0.3 is 0 Å². The number of likely N-dealkylation sites (tertiary alicyclic amines) is 1. The molecule has 0 aliphatic carbocycles. The number of rotatable bonds is 5. The Kier molecular flexibility index (Phi) is 6.06. The molecule has 2 saturated heterocycles. The quantitative estimate of drug-likeness (QED) is 0.669. The summed E-state index contributed by atoms with van der Waals surface area (Å²) in [6.45, 7) is 4.65. The average Bonchev–Trinajstić information content (AvgIpc) is 2.99. The first-order valence-electron chi connectivity index (χ1n) is 10.7. The Morgan fingerprint density at radius 2 is 1.94 bits per heavy atom. The number of amides is 3. The molecule has 2 aliphatic heterocycles. The number of ether oxygens (including phenoxy) is 1. The maximum Gasteiger partial charge on any atom is 0.241 e. The van der Waals surface area contributed by atoms with Crippen LogP contribution in [0.4, 0.5) is 4.39 Å². The van der Waals surface area contributed by atoms with Crippen LogP contribution in [0.15, 0.2) is 48.8 Å². The minimum absolute atomic E-state index is 0.0579. The van der Waals surface area contributed by atoms with E-state index in [0.29, 0.717) is 24.2 Å². The lowest BCUT2D eigenvalue weighted by molar-refractivity contribution is -0.148. The van der Waals surface area contributed by atoms with Crippen LogP contribution in [0.5, 0.6) is 0 Å². The highest BCUT2D eigenvalue weighted by Gasteiger charge is 2.54. The number of hydrogen-bond acceptors (Lipinski definition) is 5. The Morgan fingerprint density at radius 1 is 1.19 bits per heavy atom. The minimum atomic E-state index is -1.44. The highest BCUT2D eigenvalue weighted by molar-refractivity contribution is 6.10. The van der Waals surface area contributed by atoms with Crippen LogP contribution in [0.1, 0.15) is 37.8 Å². The van der Waals surface area contributed by atoms with E-state index in [1.165, 1.54) is 18.2 Å². The van der Waals surface area contributed by atoms with Crippen molar-refractivity contribution in [2.75, 3.05) is 13.1 Å². The number of imide groups is 1. The molecule has 168 valence electrons. The number of carbonyl (C=O) groups excluding carboxylic acids is 3. The molecule has 0 saturated carbocycles. The molecule has 3 amide bonds. The Balaban J connectivity index is 1.67. The smallest absolute Gasteiger partial charge is 0.241 e. The molecule has 0 radical (unpaired) electrons. The first kappa shape index (κ1) is 22.1. The third-order valence-electron chi connectivity index (χ3n) is 6.07. The summed E-state index contributed by atoms with van der Waals surface area (Å²) < 4.78 is 19.8. The third-order valence-corrected chi connectivity index (χ3v) is 6.07. The molecule has 0 N–H and O–H groups in total. The van der Waals surface area contributed by atoms with Gasteiger partial charge in [-0.15, -0.1) is 0 Å². The van der Waals surface area contributed by atoms with E-state index in [-0.39, 0.29) is 43.4 Å². The zero-order chi connectivity index (χ0) is 22.9. The molecule has 0 bridgehead atoms. The molecule has 4 rings (SSSR count). The second-order valence-electron chi connectivity index (χ2n) is 8.65. The number of morpholine rings is 1. The maximum absolute atomic E-state index is 14.1. The minimum Gasteiger partial charge on any atom is -0.372 e. The van der Waals surface area contributed by atoms with E-state index in [1.54, 1.807) is 35.5 Å². The summed E-state index contributed by atoms with van der Waals surface area (Å²) in [4.78, 5) is 46.8. The number of halogens is 1. The summed E-state index contributed by atoms with van der Waals surface area (Å²) in [7, 11) is 0. The molecule has 2 aliphatic rings.